The van der Waals surface area contributed by atoms with E-state index in [0.29, 0.717) is 46.4 Å². The van der Waals surface area contributed by atoms with Gasteiger partial charge in [-0.1, -0.05) is 49.8 Å². The standard InChI is InChI=1S/C31H37ClFN5O3/c32-25-18-23(10-11-26(25)33)36-31-24-19-28(37-30(39)9-4-8-22-6-2-1-3-7-22)29(20-27(24)34-21-35-31)41-15-5-12-38-13-16-40-17-14-38/h4,9-11,18-22H,1-3,5-8,12-17H2,(H,37,39)(H,34,35,36)/b9-4+. The number of morpholine rings is 1. The number of nitrogens with one attached hydrogen (secondary N) is 2. The lowest BCUT2D eigenvalue weighted by atomic mass is 9.87. The van der Waals surface area contributed by atoms with Gasteiger partial charge in [-0.15, -0.1) is 0 Å². The number of ether oxygens (including phenoxy) is 2. The first-order valence-electron chi connectivity index (χ1n) is 14.5. The van der Waals surface area contributed by atoms with Gasteiger partial charge in [0.2, 0.25) is 5.91 Å². The van der Waals surface area contributed by atoms with Gasteiger partial charge in [-0.2, -0.15) is 0 Å². The molecule has 41 heavy (non-hydrogen) atoms. The van der Waals surface area contributed by atoms with Gasteiger partial charge < -0.3 is 20.1 Å². The Hall–Kier alpha value is -3.27. The quantitative estimate of drug-likeness (QED) is 0.192. The summed E-state index contributed by atoms with van der Waals surface area (Å²) >= 11 is 5.98. The normalized spacial score (nSPS) is 16.7. The largest absolute Gasteiger partial charge is 0.491 e. The lowest BCUT2D eigenvalue weighted by Crippen LogP contribution is -2.37. The second-order valence-corrected chi connectivity index (χ2v) is 11.0. The average molecular weight is 582 g/mol. The summed E-state index contributed by atoms with van der Waals surface area (Å²) in [5.41, 5.74) is 1.76. The molecule has 2 aromatic carbocycles. The zero-order chi connectivity index (χ0) is 28.4. The smallest absolute Gasteiger partial charge is 0.248 e. The van der Waals surface area contributed by atoms with E-state index < -0.39 is 5.82 Å². The summed E-state index contributed by atoms with van der Waals surface area (Å²) in [5.74, 6) is 0.990. The molecule has 1 saturated carbocycles. The van der Waals surface area contributed by atoms with Crippen LogP contribution in [0.3, 0.4) is 0 Å². The summed E-state index contributed by atoms with van der Waals surface area (Å²) in [5, 5.41) is 6.88. The molecule has 0 bridgehead atoms. The van der Waals surface area contributed by atoms with E-state index in [0.717, 1.165) is 45.7 Å². The lowest BCUT2D eigenvalue weighted by molar-refractivity contribution is -0.111. The topological polar surface area (TPSA) is 88.6 Å². The number of hydrogen-bond donors (Lipinski definition) is 2. The number of aromatic nitrogens is 2. The van der Waals surface area contributed by atoms with Gasteiger partial charge in [0, 0.05) is 36.8 Å². The predicted octanol–water partition coefficient (Wildman–Crippen LogP) is 6.73. The summed E-state index contributed by atoms with van der Waals surface area (Å²) in [7, 11) is 0. The first-order chi connectivity index (χ1) is 20.0. The zero-order valence-electron chi connectivity index (χ0n) is 23.2. The molecule has 0 spiro atoms. The SMILES string of the molecule is O=C(/C=C/CC1CCCCC1)Nc1cc2c(Nc3ccc(F)c(Cl)c3)ncnc2cc1OCCCN1CCOCC1. The maximum absolute atomic E-state index is 13.7. The highest BCUT2D eigenvalue weighted by molar-refractivity contribution is 6.31. The zero-order valence-corrected chi connectivity index (χ0v) is 24.0. The second kappa shape index (κ2) is 14.6. The summed E-state index contributed by atoms with van der Waals surface area (Å²) < 4.78 is 25.3. The highest BCUT2D eigenvalue weighted by Gasteiger charge is 2.16. The van der Waals surface area contributed by atoms with Crippen LogP contribution in [0.2, 0.25) is 5.02 Å². The van der Waals surface area contributed by atoms with Crippen molar-refractivity contribution in [2.75, 3.05) is 50.1 Å². The van der Waals surface area contributed by atoms with Gasteiger partial charge in [0.05, 0.1) is 36.0 Å². The van der Waals surface area contributed by atoms with Crippen molar-refractivity contribution in [2.45, 2.75) is 44.9 Å². The molecule has 1 aliphatic heterocycles. The van der Waals surface area contributed by atoms with Crippen LogP contribution in [0.5, 0.6) is 5.75 Å². The van der Waals surface area contributed by atoms with Crippen molar-refractivity contribution >= 4 is 45.6 Å². The van der Waals surface area contributed by atoms with Crippen molar-refractivity contribution in [2.24, 2.45) is 5.92 Å². The number of fused-ring (bicyclic) bond motifs is 1. The molecule has 2 N–H and O–H groups in total. The lowest BCUT2D eigenvalue weighted by Gasteiger charge is -2.26. The third-order valence-corrected chi connectivity index (χ3v) is 7.91. The first-order valence-corrected chi connectivity index (χ1v) is 14.8. The van der Waals surface area contributed by atoms with E-state index in [2.05, 4.69) is 25.5 Å². The van der Waals surface area contributed by atoms with Crippen molar-refractivity contribution in [1.29, 1.82) is 0 Å². The molecule has 0 unspecified atom stereocenters. The van der Waals surface area contributed by atoms with Gasteiger partial charge >= 0.3 is 0 Å². The number of carbonyl (C=O) groups excluding carboxylic acids is 1. The maximum Gasteiger partial charge on any atom is 0.248 e. The Labute approximate surface area is 245 Å². The van der Waals surface area contributed by atoms with Gasteiger partial charge in [-0.25, -0.2) is 14.4 Å². The van der Waals surface area contributed by atoms with Gasteiger partial charge in [0.1, 0.15) is 23.7 Å². The predicted molar refractivity (Wildman–Crippen MR) is 161 cm³/mol. The van der Waals surface area contributed by atoms with Gasteiger partial charge in [-0.3, -0.25) is 9.69 Å². The Morgan fingerprint density at radius 1 is 1.15 bits per heavy atom. The Morgan fingerprint density at radius 3 is 2.78 bits per heavy atom. The molecular formula is C31H37ClFN5O3. The number of anilines is 3. The minimum atomic E-state index is -0.498. The van der Waals surface area contributed by atoms with Crippen LogP contribution >= 0.6 is 11.6 Å². The average Bonchev–Trinajstić information content (AvgIpc) is 2.99. The minimum absolute atomic E-state index is 0.00842. The van der Waals surface area contributed by atoms with E-state index in [1.165, 1.54) is 50.6 Å². The number of amides is 1. The minimum Gasteiger partial charge on any atom is -0.491 e. The summed E-state index contributed by atoms with van der Waals surface area (Å²) in [6, 6.07) is 8.00. The number of carbonyl (C=O) groups is 1. The molecular weight excluding hydrogens is 545 g/mol. The van der Waals surface area contributed by atoms with Crippen LogP contribution in [0, 0.1) is 11.7 Å². The summed E-state index contributed by atoms with van der Waals surface area (Å²) in [6.45, 7) is 4.78. The molecule has 0 radical (unpaired) electrons. The first kappa shape index (κ1) is 29.2. The maximum atomic E-state index is 13.7. The molecule has 2 aliphatic rings. The molecule has 2 fully saturated rings. The molecule has 3 aromatic rings. The van der Waals surface area contributed by atoms with Crippen LogP contribution in [-0.4, -0.2) is 60.2 Å². The van der Waals surface area contributed by atoms with Crippen LogP contribution in [0.1, 0.15) is 44.9 Å². The highest BCUT2D eigenvalue weighted by Crippen LogP contribution is 2.34. The monoisotopic (exact) mass is 581 g/mol. The molecule has 218 valence electrons. The van der Waals surface area contributed by atoms with Crippen molar-refractivity contribution in [3.63, 3.8) is 0 Å². The van der Waals surface area contributed by atoms with E-state index in [-0.39, 0.29) is 10.9 Å². The Balaban J connectivity index is 1.33. The van der Waals surface area contributed by atoms with Gasteiger partial charge in [-0.05, 0) is 49.1 Å². The molecule has 1 saturated heterocycles. The Morgan fingerprint density at radius 2 is 1.98 bits per heavy atom. The van der Waals surface area contributed by atoms with Crippen LogP contribution in [0.15, 0.2) is 48.8 Å². The van der Waals surface area contributed by atoms with E-state index >= 15 is 0 Å². The van der Waals surface area contributed by atoms with Gasteiger partial charge in [0.25, 0.3) is 0 Å². The van der Waals surface area contributed by atoms with E-state index in [1.54, 1.807) is 12.1 Å². The molecule has 1 amide bonds. The van der Waals surface area contributed by atoms with Crippen LogP contribution < -0.4 is 15.4 Å². The number of halogens is 2. The Kier molecular flexibility index (Phi) is 10.4. The molecule has 8 nitrogen and oxygen atoms in total. The second-order valence-electron chi connectivity index (χ2n) is 10.6. The number of hydrogen-bond acceptors (Lipinski definition) is 7. The summed E-state index contributed by atoms with van der Waals surface area (Å²) in [6.07, 6.45) is 13.1. The van der Waals surface area contributed by atoms with Crippen molar-refractivity contribution in [1.82, 2.24) is 14.9 Å². The van der Waals surface area contributed by atoms with E-state index in [1.807, 2.05) is 18.2 Å². The third-order valence-electron chi connectivity index (χ3n) is 7.62. The van der Waals surface area contributed by atoms with E-state index in [9.17, 15) is 9.18 Å². The molecule has 5 rings (SSSR count). The number of rotatable bonds is 11. The van der Waals surface area contributed by atoms with Crippen LogP contribution in [0.25, 0.3) is 10.9 Å². The fourth-order valence-corrected chi connectivity index (χ4v) is 5.55. The molecule has 0 atom stereocenters. The van der Waals surface area contributed by atoms with Crippen LogP contribution in [0.4, 0.5) is 21.6 Å². The van der Waals surface area contributed by atoms with Crippen molar-refractivity contribution < 1.29 is 18.7 Å². The number of allylic oxidation sites excluding steroid dienone is 1. The van der Waals surface area contributed by atoms with Crippen molar-refractivity contribution in [3.8, 4) is 5.75 Å². The third kappa shape index (κ3) is 8.38. The fraction of sp³-hybridized carbons (Fsp3) is 0.452. The molecule has 1 aromatic heterocycles. The van der Waals surface area contributed by atoms with Crippen molar-refractivity contribution in [3.05, 3.63) is 59.7 Å². The highest BCUT2D eigenvalue weighted by atomic mass is 35.5. The fourth-order valence-electron chi connectivity index (χ4n) is 5.37. The molecule has 10 heteroatoms. The van der Waals surface area contributed by atoms with Gasteiger partial charge in [0.15, 0.2) is 0 Å². The number of nitrogens with zero attached hydrogens (tertiary/aromatic N) is 3. The Bertz CT molecular complexity index is 1360. The van der Waals surface area contributed by atoms with Crippen LogP contribution in [-0.2, 0) is 9.53 Å². The molecule has 1 aliphatic carbocycles. The molecule has 2 heterocycles. The number of benzene rings is 2. The summed E-state index contributed by atoms with van der Waals surface area (Å²) in [4.78, 5) is 24.1. The van der Waals surface area contributed by atoms with E-state index in [4.69, 9.17) is 21.1 Å².